The molecule has 0 aliphatic carbocycles. The molecule has 1 amide bonds. The molecule has 0 atom stereocenters. The number of thiophene rings is 1. The fourth-order valence-corrected chi connectivity index (χ4v) is 3.29. The Morgan fingerprint density at radius 2 is 1.62 bits per heavy atom. The molecule has 0 fully saturated rings. The van der Waals surface area contributed by atoms with Crippen LogP contribution < -0.4 is 5.32 Å². The maximum Gasteiger partial charge on any atom is 0.265 e. The van der Waals surface area contributed by atoms with Crippen LogP contribution in [0, 0.1) is 0 Å². The Balaban J connectivity index is 1.72. The average molecular weight is 337 g/mol. The first-order chi connectivity index (χ1) is 11.5. The number of amides is 1. The number of rotatable bonds is 4. The predicted octanol–water partition coefficient (Wildman–Crippen LogP) is 5.50. The number of anilines is 1. The Labute approximate surface area is 145 Å². The standard InChI is InChI=1S/C20H19NO2S/c1-13(2)14-3-7-16(8-4-14)21-20(23)19-12-11-18(24-19)15-5-9-17(22)10-6-15/h3-13,22H,1-2H3,(H,21,23). The minimum absolute atomic E-state index is 0.109. The lowest BCUT2D eigenvalue weighted by Crippen LogP contribution is -2.09. The first-order valence-corrected chi connectivity index (χ1v) is 8.65. The Kier molecular flexibility index (Phi) is 4.67. The molecule has 1 heterocycles. The SMILES string of the molecule is CC(C)c1ccc(NC(=O)c2ccc(-c3ccc(O)cc3)s2)cc1. The van der Waals surface area contributed by atoms with Gasteiger partial charge < -0.3 is 10.4 Å². The third-order valence-electron chi connectivity index (χ3n) is 3.82. The molecular formula is C20H19NO2S. The number of carbonyl (C=O) groups excluding carboxylic acids is 1. The number of phenolic OH excluding ortho intramolecular Hbond substituents is 1. The maximum atomic E-state index is 12.4. The van der Waals surface area contributed by atoms with Gasteiger partial charge in [-0.15, -0.1) is 11.3 Å². The lowest BCUT2D eigenvalue weighted by atomic mass is 10.0. The first kappa shape index (κ1) is 16.3. The summed E-state index contributed by atoms with van der Waals surface area (Å²) in [5, 5.41) is 12.3. The summed E-state index contributed by atoms with van der Waals surface area (Å²) in [6, 6.07) is 18.7. The van der Waals surface area contributed by atoms with Gasteiger partial charge in [0.05, 0.1) is 4.88 Å². The summed E-state index contributed by atoms with van der Waals surface area (Å²) in [5.74, 6) is 0.598. The summed E-state index contributed by atoms with van der Waals surface area (Å²) < 4.78 is 0. The zero-order valence-electron chi connectivity index (χ0n) is 13.6. The van der Waals surface area contributed by atoms with Crippen LogP contribution in [0.4, 0.5) is 5.69 Å². The predicted molar refractivity (Wildman–Crippen MR) is 99.9 cm³/mol. The van der Waals surface area contributed by atoms with E-state index < -0.39 is 0 Å². The van der Waals surface area contributed by atoms with Crippen LogP contribution in [0.1, 0.15) is 35.0 Å². The minimum atomic E-state index is -0.109. The van der Waals surface area contributed by atoms with Gasteiger partial charge in [-0.1, -0.05) is 26.0 Å². The fraction of sp³-hybridized carbons (Fsp3) is 0.150. The van der Waals surface area contributed by atoms with E-state index in [1.165, 1.54) is 16.9 Å². The lowest BCUT2D eigenvalue weighted by molar-refractivity contribution is 0.103. The molecule has 0 radical (unpaired) electrons. The molecule has 0 aliphatic heterocycles. The second-order valence-corrected chi connectivity index (χ2v) is 7.03. The van der Waals surface area contributed by atoms with Crippen LogP contribution in [-0.2, 0) is 0 Å². The van der Waals surface area contributed by atoms with Crippen LogP contribution in [0.3, 0.4) is 0 Å². The molecule has 4 heteroatoms. The quantitative estimate of drug-likeness (QED) is 0.661. The molecule has 1 aromatic heterocycles. The van der Waals surface area contributed by atoms with E-state index in [1.807, 2.05) is 48.5 Å². The van der Waals surface area contributed by atoms with E-state index in [9.17, 15) is 9.90 Å². The van der Waals surface area contributed by atoms with E-state index in [1.54, 1.807) is 12.1 Å². The monoisotopic (exact) mass is 337 g/mol. The average Bonchev–Trinajstić information content (AvgIpc) is 3.06. The van der Waals surface area contributed by atoms with Gasteiger partial charge in [0.1, 0.15) is 5.75 Å². The Bertz CT molecular complexity index is 833. The molecular weight excluding hydrogens is 318 g/mol. The van der Waals surface area contributed by atoms with Crippen LogP contribution in [0.5, 0.6) is 5.75 Å². The molecule has 2 aromatic carbocycles. The van der Waals surface area contributed by atoms with Crippen molar-refractivity contribution in [1.29, 1.82) is 0 Å². The third-order valence-corrected chi connectivity index (χ3v) is 4.95. The summed E-state index contributed by atoms with van der Waals surface area (Å²) >= 11 is 1.43. The number of phenols is 1. The molecule has 3 aromatic rings. The number of nitrogens with one attached hydrogen (secondary N) is 1. The number of aromatic hydroxyl groups is 1. The summed E-state index contributed by atoms with van der Waals surface area (Å²) in [6.07, 6.45) is 0. The molecule has 0 unspecified atom stereocenters. The van der Waals surface area contributed by atoms with Crippen LogP contribution in [0.2, 0.25) is 0 Å². The van der Waals surface area contributed by atoms with Gasteiger partial charge in [-0.3, -0.25) is 4.79 Å². The molecule has 0 saturated heterocycles. The lowest BCUT2D eigenvalue weighted by Gasteiger charge is -2.07. The maximum absolute atomic E-state index is 12.4. The minimum Gasteiger partial charge on any atom is -0.508 e. The molecule has 0 bridgehead atoms. The van der Waals surface area contributed by atoms with Crippen molar-refractivity contribution in [1.82, 2.24) is 0 Å². The second-order valence-electron chi connectivity index (χ2n) is 5.94. The van der Waals surface area contributed by atoms with Crippen LogP contribution >= 0.6 is 11.3 Å². The summed E-state index contributed by atoms with van der Waals surface area (Å²) in [4.78, 5) is 14.0. The van der Waals surface area contributed by atoms with Crippen LogP contribution in [-0.4, -0.2) is 11.0 Å². The van der Waals surface area contributed by atoms with Crippen molar-refractivity contribution >= 4 is 22.9 Å². The van der Waals surface area contributed by atoms with Crippen LogP contribution in [0.25, 0.3) is 10.4 Å². The second kappa shape index (κ2) is 6.89. The van der Waals surface area contributed by atoms with Crippen molar-refractivity contribution < 1.29 is 9.90 Å². The molecule has 0 saturated carbocycles. The number of benzene rings is 2. The van der Waals surface area contributed by atoms with Crippen molar-refractivity contribution in [2.45, 2.75) is 19.8 Å². The summed E-state index contributed by atoms with van der Waals surface area (Å²) in [5.41, 5.74) is 3.03. The van der Waals surface area contributed by atoms with E-state index in [-0.39, 0.29) is 11.7 Å². The fourth-order valence-electron chi connectivity index (χ4n) is 2.38. The normalized spacial score (nSPS) is 10.8. The summed E-state index contributed by atoms with van der Waals surface area (Å²) in [6.45, 7) is 4.29. The van der Waals surface area contributed by atoms with E-state index >= 15 is 0 Å². The van der Waals surface area contributed by atoms with Crippen molar-refractivity contribution in [3.63, 3.8) is 0 Å². The van der Waals surface area contributed by atoms with Crippen molar-refractivity contribution in [2.24, 2.45) is 0 Å². The zero-order chi connectivity index (χ0) is 17.1. The van der Waals surface area contributed by atoms with Gasteiger partial charge in [-0.25, -0.2) is 0 Å². The molecule has 0 aliphatic rings. The van der Waals surface area contributed by atoms with E-state index in [0.717, 1.165) is 16.1 Å². The number of hydrogen-bond donors (Lipinski definition) is 2. The van der Waals surface area contributed by atoms with Gasteiger partial charge in [0.25, 0.3) is 5.91 Å². The van der Waals surface area contributed by atoms with E-state index in [0.29, 0.717) is 10.8 Å². The molecule has 3 nitrogen and oxygen atoms in total. The Morgan fingerprint density at radius 3 is 2.25 bits per heavy atom. The number of hydrogen-bond acceptors (Lipinski definition) is 3. The van der Waals surface area contributed by atoms with Gasteiger partial charge in [-0.05, 0) is 65.6 Å². The Morgan fingerprint density at radius 1 is 0.958 bits per heavy atom. The smallest absolute Gasteiger partial charge is 0.265 e. The number of carbonyl (C=O) groups is 1. The Hall–Kier alpha value is -2.59. The van der Waals surface area contributed by atoms with E-state index in [2.05, 4.69) is 19.2 Å². The van der Waals surface area contributed by atoms with Gasteiger partial charge in [0.15, 0.2) is 0 Å². The topological polar surface area (TPSA) is 49.3 Å². The molecule has 122 valence electrons. The third kappa shape index (κ3) is 3.66. The zero-order valence-corrected chi connectivity index (χ0v) is 14.4. The van der Waals surface area contributed by atoms with Crippen molar-refractivity contribution in [2.75, 3.05) is 5.32 Å². The van der Waals surface area contributed by atoms with Crippen molar-refractivity contribution in [3.8, 4) is 16.2 Å². The highest BCUT2D eigenvalue weighted by Gasteiger charge is 2.11. The highest BCUT2D eigenvalue weighted by molar-refractivity contribution is 7.17. The van der Waals surface area contributed by atoms with Gasteiger partial charge in [0.2, 0.25) is 0 Å². The summed E-state index contributed by atoms with van der Waals surface area (Å²) in [7, 11) is 0. The van der Waals surface area contributed by atoms with Gasteiger partial charge >= 0.3 is 0 Å². The molecule has 0 spiro atoms. The highest BCUT2D eigenvalue weighted by Crippen LogP contribution is 2.29. The highest BCUT2D eigenvalue weighted by atomic mass is 32.1. The molecule has 24 heavy (non-hydrogen) atoms. The van der Waals surface area contributed by atoms with Crippen molar-refractivity contribution in [3.05, 3.63) is 71.1 Å². The van der Waals surface area contributed by atoms with E-state index in [4.69, 9.17) is 0 Å². The molecule has 3 rings (SSSR count). The van der Waals surface area contributed by atoms with Crippen LogP contribution in [0.15, 0.2) is 60.7 Å². The first-order valence-electron chi connectivity index (χ1n) is 7.83. The van der Waals surface area contributed by atoms with Gasteiger partial charge in [0, 0.05) is 10.6 Å². The van der Waals surface area contributed by atoms with Gasteiger partial charge in [-0.2, -0.15) is 0 Å². The molecule has 2 N–H and O–H groups in total. The largest absolute Gasteiger partial charge is 0.508 e.